The first kappa shape index (κ1) is 11.9. The molecule has 1 rings (SSSR count). The molecule has 0 aliphatic carbocycles. The third-order valence-electron chi connectivity index (χ3n) is 2.13. The molecule has 0 fully saturated rings. The summed E-state index contributed by atoms with van der Waals surface area (Å²) in [5, 5.41) is 8.61. The van der Waals surface area contributed by atoms with E-state index in [9.17, 15) is 4.79 Å². The molecule has 0 saturated carbocycles. The number of carbonyl (C=O) groups is 1. The lowest BCUT2D eigenvalue weighted by Crippen LogP contribution is -2.31. The Balaban J connectivity index is 2.87. The summed E-state index contributed by atoms with van der Waals surface area (Å²) in [5.41, 5.74) is 0.797. The van der Waals surface area contributed by atoms with E-state index in [0.29, 0.717) is 24.3 Å². The number of carbonyl (C=O) groups excluding carboxylic acids is 1. The molecule has 1 amide bonds. The van der Waals surface area contributed by atoms with Crippen LogP contribution in [0, 0.1) is 11.3 Å². The maximum atomic E-state index is 11.9. The number of pyridine rings is 1. The molecule has 1 aromatic heterocycles. The maximum absolute atomic E-state index is 11.9. The Morgan fingerprint density at radius 3 is 2.88 bits per heavy atom. The number of amides is 1. The molecule has 0 aliphatic rings. The number of aromatic nitrogens is 1. The largest absolute Gasteiger partial charge is 0.334 e. The number of hydrogen-bond acceptors (Lipinski definition) is 3. The third-order valence-corrected chi connectivity index (χ3v) is 2.13. The van der Waals surface area contributed by atoms with Gasteiger partial charge in [-0.25, -0.2) is 4.98 Å². The van der Waals surface area contributed by atoms with Crippen LogP contribution in [0.5, 0.6) is 0 Å². The van der Waals surface area contributed by atoms with Gasteiger partial charge in [0.15, 0.2) is 0 Å². The minimum absolute atomic E-state index is 0.146. The molecular weight excluding hydrogens is 202 g/mol. The van der Waals surface area contributed by atoms with Crippen LogP contribution in [-0.2, 0) is 0 Å². The molecule has 4 nitrogen and oxygen atoms in total. The number of hydrogen-bond donors (Lipinski definition) is 0. The van der Waals surface area contributed by atoms with Crippen molar-refractivity contribution >= 4 is 5.91 Å². The zero-order valence-corrected chi connectivity index (χ0v) is 9.18. The van der Waals surface area contributed by atoms with Crippen LogP contribution in [0.1, 0.15) is 23.0 Å². The number of likely N-dealkylation sites (N-methyl/N-ethyl adjacent to an activating group) is 1. The van der Waals surface area contributed by atoms with Crippen molar-refractivity contribution in [2.45, 2.75) is 6.92 Å². The third kappa shape index (κ3) is 2.67. The Labute approximate surface area is 94.8 Å². The van der Waals surface area contributed by atoms with Crippen LogP contribution in [0.15, 0.2) is 31.0 Å². The molecule has 0 atom stereocenters. The normalized spacial score (nSPS) is 9.25. The van der Waals surface area contributed by atoms with E-state index >= 15 is 0 Å². The van der Waals surface area contributed by atoms with Crippen molar-refractivity contribution < 1.29 is 4.79 Å². The lowest BCUT2D eigenvalue weighted by molar-refractivity contribution is 0.0776. The molecule has 1 aromatic rings. The Morgan fingerprint density at radius 2 is 2.44 bits per heavy atom. The monoisotopic (exact) mass is 215 g/mol. The Kier molecular flexibility index (Phi) is 4.22. The highest BCUT2D eigenvalue weighted by molar-refractivity contribution is 5.92. The predicted molar refractivity (Wildman–Crippen MR) is 60.7 cm³/mol. The molecule has 16 heavy (non-hydrogen) atoms. The summed E-state index contributed by atoms with van der Waals surface area (Å²) in [7, 11) is 0. The average Bonchev–Trinajstić information content (AvgIpc) is 2.35. The summed E-state index contributed by atoms with van der Waals surface area (Å²) in [6.07, 6.45) is 3.07. The SMILES string of the molecule is C=CCN(CC)C(=O)c1ccc(C#N)cn1. The quantitative estimate of drug-likeness (QED) is 0.717. The van der Waals surface area contributed by atoms with Gasteiger partial charge in [0.25, 0.3) is 5.91 Å². The molecule has 0 aliphatic heterocycles. The molecule has 1 heterocycles. The summed E-state index contributed by atoms with van der Waals surface area (Å²) >= 11 is 0. The van der Waals surface area contributed by atoms with Crippen LogP contribution in [0.4, 0.5) is 0 Å². The maximum Gasteiger partial charge on any atom is 0.272 e. The minimum Gasteiger partial charge on any atom is -0.334 e. The number of nitriles is 1. The zero-order chi connectivity index (χ0) is 12.0. The highest BCUT2D eigenvalue weighted by atomic mass is 16.2. The standard InChI is InChI=1S/C12H13N3O/c1-3-7-15(4-2)12(16)11-6-5-10(8-13)9-14-11/h3,5-6,9H,1,4,7H2,2H3. The van der Waals surface area contributed by atoms with Crippen LogP contribution in [-0.4, -0.2) is 28.9 Å². The molecule has 0 unspecified atom stereocenters. The second-order valence-electron chi connectivity index (χ2n) is 3.18. The Hall–Kier alpha value is -2.15. The van der Waals surface area contributed by atoms with Crippen LogP contribution in [0.2, 0.25) is 0 Å². The fourth-order valence-corrected chi connectivity index (χ4v) is 1.26. The molecule has 0 N–H and O–H groups in total. The lowest BCUT2D eigenvalue weighted by atomic mass is 10.2. The highest BCUT2D eigenvalue weighted by Crippen LogP contribution is 2.03. The summed E-state index contributed by atoms with van der Waals surface area (Å²) in [6.45, 7) is 6.59. The second kappa shape index (κ2) is 5.66. The highest BCUT2D eigenvalue weighted by Gasteiger charge is 2.13. The van der Waals surface area contributed by atoms with Gasteiger partial charge < -0.3 is 4.90 Å². The molecule has 0 bridgehead atoms. The first-order valence-corrected chi connectivity index (χ1v) is 4.99. The van der Waals surface area contributed by atoms with E-state index in [2.05, 4.69) is 11.6 Å². The van der Waals surface area contributed by atoms with E-state index in [1.165, 1.54) is 6.20 Å². The van der Waals surface area contributed by atoms with Gasteiger partial charge in [-0.05, 0) is 19.1 Å². The van der Waals surface area contributed by atoms with Crippen molar-refractivity contribution in [3.05, 3.63) is 42.2 Å². The Bertz CT molecular complexity index is 417. The smallest absolute Gasteiger partial charge is 0.272 e. The fraction of sp³-hybridized carbons (Fsp3) is 0.250. The molecular formula is C12H13N3O. The predicted octanol–water partition coefficient (Wildman–Crippen LogP) is 1.60. The van der Waals surface area contributed by atoms with Gasteiger partial charge in [0.1, 0.15) is 11.8 Å². The summed E-state index contributed by atoms with van der Waals surface area (Å²) in [6, 6.07) is 5.11. The summed E-state index contributed by atoms with van der Waals surface area (Å²) < 4.78 is 0. The van der Waals surface area contributed by atoms with Gasteiger partial charge in [-0.1, -0.05) is 6.08 Å². The van der Waals surface area contributed by atoms with Gasteiger partial charge in [-0.3, -0.25) is 4.79 Å². The van der Waals surface area contributed by atoms with Gasteiger partial charge in [-0.15, -0.1) is 6.58 Å². The van der Waals surface area contributed by atoms with E-state index in [4.69, 9.17) is 5.26 Å². The molecule has 0 spiro atoms. The van der Waals surface area contributed by atoms with E-state index < -0.39 is 0 Å². The van der Waals surface area contributed by atoms with Crippen molar-refractivity contribution in [3.63, 3.8) is 0 Å². The number of rotatable bonds is 4. The first-order valence-electron chi connectivity index (χ1n) is 4.99. The van der Waals surface area contributed by atoms with E-state index in [-0.39, 0.29) is 5.91 Å². The van der Waals surface area contributed by atoms with Crippen molar-refractivity contribution in [3.8, 4) is 6.07 Å². The molecule has 0 radical (unpaired) electrons. The van der Waals surface area contributed by atoms with Crippen molar-refractivity contribution in [1.82, 2.24) is 9.88 Å². The second-order valence-corrected chi connectivity index (χ2v) is 3.18. The van der Waals surface area contributed by atoms with Gasteiger partial charge >= 0.3 is 0 Å². The van der Waals surface area contributed by atoms with Crippen LogP contribution >= 0.6 is 0 Å². The minimum atomic E-state index is -0.146. The Morgan fingerprint density at radius 1 is 1.69 bits per heavy atom. The molecule has 0 aromatic carbocycles. The van der Waals surface area contributed by atoms with Crippen LogP contribution in [0.25, 0.3) is 0 Å². The average molecular weight is 215 g/mol. The van der Waals surface area contributed by atoms with Gasteiger partial charge in [0.2, 0.25) is 0 Å². The number of nitrogens with zero attached hydrogens (tertiary/aromatic N) is 3. The van der Waals surface area contributed by atoms with Crippen molar-refractivity contribution in [2.75, 3.05) is 13.1 Å². The van der Waals surface area contributed by atoms with E-state index in [1.54, 1.807) is 23.1 Å². The van der Waals surface area contributed by atoms with Gasteiger partial charge in [-0.2, -0.15) is 5.26 Å². The van der Waals surface area contributed by atoms with Gasteiger partial charge in [0.05, 0.1) is 5.56 Å². The zero-order valence-electron chi connectivity index (χ0n) is 9.18. The van der Waals surface area contributed by atoms with E-state index in [1.807, 2.05) is 13.0 Å². The summed E-state index contributed by atoms with van der Waals surface area (Å²) in [4.78, 5) is 17.5. The topological polar surface area (TPSA) is 57.0 Å². The van der Waals surface area contributed by atoms with Gasteiger partial charge in [0, 0.05) is 19.3 Å². The van der Waals surface area contributed by atoms with Crippen molar-refractivity contribution in [2.24, 2.45) is 0 Å². The summed E-state index contributed by atoms with van der Waals surface area (Å²) in [5.74, 6) is -0.146. The van der Waals surface area contributed by atoms with Crippen LogP contribution < -0.4 is 0 Å². The first-order chi connectivity index (χ1) is 7.72. The van der Waals surface area contributed by atoms with Crippen LogP contribution in [0.3, 0.4) is 0 Å². The fourth-order valence-electron chi connectivity index (χ4n) is 1.26. The van der Waals surface area contributed by atoms with Crippen molar-refractivity contribution in [1.29, 1.82) is 5.26 Å². The van der Waals surface area contributed by atoms with E-state index in [0.717, 1.165) is 0 Å². The lowest BCUT2D eigenvalue weighted by Gasteiger charge is -2.18. The molecule has 82 valence electrons. The molecule has 4 heteroatoms. The molecule has 0 saturated heterocycles.